The van der Waals surface area contributed by atoms with E-state index < -0.39 is 5.54 Å². The van der Waals surface area contributed by atoms with Gasteiger partial charge in [0.25, 0.3) is 0 Å². The number of carbonyl (C=O) groups is 2. The molecule has 7 heteroatoms. The van der Waals surface area contributed by atoms with Gasteiger partial charge in [0.2, 0.25) is 5.91 Å². The summed E-state index contributed by atoms with van der Waals surface area (Å²) < 4.78 is 5.39. The van der Waals surface area contributed by atoms with E-state index in [-0.39, 0.29) is 11.9 Å². The number of benzene rings is 2. The minimum absolute atomic E-state index is 0.184. The first-order valence-corrected chi connectivity index (χ1v) is 11.0. The van der Waals surface area contributed by atoms with Crippen molar-refractivity contribution in [1.29, 1.82) is 5.26 Å². The number of ether oxygens (including phenoxy) is 1. The monoisotopic (exact) mass is 432 g/mol. The van der Waals surface area contributed by atoms with Gasteiger partial charge in [0.15, 0.2) is 0 Å². The Bertz CT molecular complexity index is 1110. The molecule has 0 saturated heterocycles. The second kappa shape index (κ2) is 8.54. The van der Waals surface area contributed by atoms with E-state index in [1.54, 1.807) is 24.1 Å². The van der Waals surface area contributed by atoms with E-state index in [1.807, 2.05) is 32.0 Å². The number of amides is 3. The summed E-state index contributed by atoms with van der Waals surface area (Å²) in [5.41, 5.74) is 3.54. The Kier molecular flexibility index (Phi) is 5.79. The van der Waals surface area contributed by atoms with E-state index in [0.29, 0.717) is 42.1 Å². The molecule has 1 fully saturated rings. The third-order valence-electron chi connectivity index (χ3n) is 6.75. The van der Waals surface area contributed by atoms with Gasteiger partial charge in [0.05, 0.1) is 24.9 Å². The lowest BCUT2D eigenvalue weighted by Crippen LogP contribution is -2.61. The first-order chi connectivity index (χ1) is 15.4. The number of anilines is 2. The molecule has 2 aromatic carbocycles. The van der Waals surface area contributed by atoms with Crippen molar-refractivity contribution in [1.82, 2.24) is 4.90 Å². The lowest BCUT2D eigenvalue weighted by molar-refractivity contribution is -0.128. The molecule has 166 valence electrons. The number of urea groups is 1. The minimum Gasteiger partial charge on any atom is -0.496 e. The second-order valence-corrected chi connectivity index (χ2v) is 8.64. The number of aryl methyl sites for hydroxylation is 2. The van der Waals surface area contributed by atoms with Crippen LogP contribution in [0.15, 0.2) is 30.3 Å². The van der Waals surface area contributed by atoms with Crippen molar-refractivity contribution in [3.63, 3.8) is 0 Å². The highest BCUT2D eigenvalue weighted by molar-refractivity contribution is 6.03. The average Bonchev–Trinajstić information content (AvgIpc) is 2.80. The van der Waals surface area contributed by atoms with Crippen LogP contribution in [-0.4, -0.2) is 29.5 Å². The molecule has 0 unspecified atom stereocenters. The summed E-state index contributed by atoms with van der Waals surface area (Å²) in [5.74, 6) is 0.514. The van der Waals surface area contributed by atoms with E-state index in [1.165, 1.54) is 0 Å². The van der Waals surface area contributed by atoms with Gasteiger partial charge in [-0.3, -0.25) is 4.79 Å². The molecular formula is C25H28N4O3. The molecule has 1 saturated carbocycles. The lowest BCUT2D eigenvalue weighted by Gasteiger charge is -2.47. The van der Waals surface area contributed by atoms with E-state index in [4.69, 9.17) is 4.74 Å². The summed E-state index contributed by atoms with van der Waals surface area (Å²) >= 11 is 0. The predicted molar refractivity (Wildman–Crippen MR) is 123 cm³/mol. The normalized spacial score (nSPS) is 17.1. The third kappa shape index (κ3) is 3.66. The molecule has 3 amide bonds. The summed E-state index contributed by atoms with van der Waals surface area (Å²) in [6, 6.07) is 11.0. The fraction of sp³-hybridized carbons (Fsp3) is 0.400. The molecule has 32 heavy (non-hydrogen) atoms. The topological polar surface area (TPSA) is 94.5 Å². The second-order valence-electron chi connectivity index (χ2n) is 8.64. The molecule has 0 aromatic heterocycles. The van der Waals surface area contributed by atoms with Crippen LogP contribution >= 0.6 is 0 Å². The van der Waals surface area contributed by atoms with Crippen LogP contribution in [0.3, 0.4) is 0 Å². The van der Waals surface area contributed by atoms with Crippen LogP contribution in [0.2, 0.25) is 0 Å². The molecule has 7 nitrogen and oxygen atoms in total. The highest BCUT2D eigenvalue weighted by Crippen LogP contribution is 2.40. The van der Waals surface area contributed by atoms with Crippen molar-refractivity contribution in [2.45, 2.75) is 58.0 Å². The quantitative estimate of drug-likeness (QED) is 0.720. The summed E-state index contributed by atoms with van der Waals surface area (Å²) in [6.07, 6.45) is 3.98. The molecule has 2 N–H and O–H groups in total. The van der Waals surface area contributed by atoms with Gasteiger partial charge in [0.1, 0.15) is 17.4 Å². The van der Waals surface area contributed by atoms with E-state index in [2.05, 4.69) is 16.7 Å². The fourth-order valence-electron chi connectivity index (χ4n) is 4.84. The number of nitrogens with zero attached hydrogens (tertiary/aromatic N) is 2. The summed E-state index contributed by atoms with van der Waals surface area (Å²) in [4.78, 5) is 28.6. The fourth-order valence-corrected chi connectivity index (χ4v) is 4.84. The number of methoxy groups -OCH3 is 1. The number of fused-ring (bicyclic) bond motifs is 1. The van der Waals surface area contributed by atoms with Crippen LogP contribution < -0.4 is 15.4 Å². The van der Waals surface area contributed by atoms with Crippen LogP contribution in [0.4, 0.5) is 16.2 Å². The Morgan fingerprint density at radius 1 is 1.16 bits per heavy atom. The van der Waals surface area contributed by atoms with E-state index in [0.717, 1.165) is 36.0 Å². The number of nitriles is 1. The Hall–Kier alpha value is -3.53. The Balaban J connectivity index is 1.70. The van der Waals surface area contributed by atoms with Gasteiger partial charge in [-0.05, 0) is 55.5 Å². The number of rotatable bonds is 4. The van der Waals surface area contributed by atoms with Crippen molar-refractivity contribution in [2.24, 2.45) is 0 Å². The smallest absolute Gasteiger partial charge is 0.323 e. The molecule has 0 atom stereocenters. The highest BCUT2D eigenvalue weighted by atomic mass is 16.5. The van der Waals surface area contributed by atoms with Gasteiger partial charge >= 0.3 is 6.03 Å². The Labute approximate surface area is 188 Å². The SMILES string of the molecule is COc1cc(NC(=O)C2(N3Cc4c(C)ccc(C#N)c4NC3=O)CCCCC2)ccc1C. The molecule has 0 bridgehead atoms. The number of nitrogens with one attached hydrogen (secondary N) is 2. The molecule has 1 heterocycles. The molecule has 4 rings (SSSR count). The van der Waals surface area contributed by atoms with Crippen LogP contribution in [0.1, 0.15) is 54.4 Å². The van der Waals surface area contributed by atoms with Gasteiger partial charge < -0.3 is 20.3 Å². The first-order valence-electron chi connectivity index (χ1n) is 11.0. The highest BCUT2D eigenvalue weighted by Gasteiger charge is 2.48. The maximum atomic E-state index is 13.7. The molecule has 1 aliphatic heterocycles. The molecule has 1 aliphatic carbocycles. The standard InChI is InChI=1S/C25H28N4O3/c1-16-7-9-18(14-26)22-20(16)15-29(24(31)28-22)25(11-5-4-6-12-25)23(30)27-19-10-8-17(2)21(13-19)32-3/h7-10,13H,4-6,11-12,15H2,1-3H3,(H,27,30)(H,28,31). The first kappa shape index (κ1) is 21.7. The van der Waals surface area contributed by atoms with Crippen molar-refractivity contribution in [2.75, 3.05) is 17.7 Å². The molecular weight excluding hydrogens is 404 g/mol. The predicted octanol–water partition coefficient (Wildman–Crippen LogP) is 4.87. The molecule has 0 spiro atoms. The van der Waals surface area contributed by atoms with Crippen molar-refractivity contribution in [3.05, 3.63) is 52.6 Å². The molecule has 2 aliphatic rings. The van der Waals surface area contributed by atoms with Crippen LogP contribution in [0, 0.1) is 25.2 Å². The minimum atomic E-state index is -0.951. The van der Waals surface area contributed by atoms with Gasteiger partial charge in [-0.2, -0.15) is 5.26 Å². The zero-order valence-electron chi connectivity index (χ0n) is 18.7. The van der Waals surface area contributed by atoms with Crippen molar-refractivity contribution in [3.8, 4) is 11.8 Å². The third-order valence-corrected chi connectivity index (χ3v) is 6.75. The molecule has 2 aromatic rings. The zero-order valence-corrected chi connectivity index (χ0v) is 18.7. The van der Waals surface area contributed by atoms with Gasteiger partial charge in [0, 0.05) is 11.8 Å². The van der Waals surface area contributed by atoms with Gasteiger partial charge in [-0.1, -0.05) is 31.4 Å². The maximum absolute atomic E-state index is 13.7. The largest absolute Gasteiger partial charge is 0.496 e. The van der Waals surface area contributed by atoms with Crippen molar-refractivity contribution < 1.29 is 14.3 Å². The number of carbonyl (C=O) groups excluding carboxylic acids is 2. The van der Waals surface area contributed by atoms with Gasteiger partial charge in [-0.25, -0.2) is 4.79 Å². The van der Waals surface area contributed by atoms with Crippen LogP contribution in [0.25, 0.3) is 0 Å². The lowest BCUT2D eigenvalue weighted by atomic mass is 9.78. The van der Waals surface area contributed by atoms with Gasteiger partial charge in [-0.15, -0.1) is 0 Å². The summed E-state index contributed by atoms with van der Waals surface area (Å²) in [5, 5.41) is 15.4. The maximum Gasteiger partial charge on any atom is 0.323 e. The Morgan fingerprint density at radius 3 is 2.56 bits per heavy atom. The summed E-state index contributed by atoms with van der Waals surface area (Å²) in [7, 11) is 1.60. The number of hydrogen-bond donors (Lipinski definition) is 2. The van der Waals surface area contributed by atoms with Crippen LogP contribution in [-0.2, 0) is 11.3 Å². The molecule has 0 radical (unpaired) electrons. The van der Waals surface area contributed by atoms with E-state index in [9.17, 15) is 14.9 Å². The summed E-state index contributed by atoms with van der Waals surface area (Å²) in [6.45, 7) is 4.20. The van der Waals surface area contributed by atoms with Crippen LogP contribution in [0.5, 0.6) is 5.75 Å². The average molecular weight is 433 g/mol. The van der Waals surface area contributed by atoms with Crippen molar-refractivity contribution >= 4 is 23.3 Å². The number of hydrogen-bond acceptors (Lipinski definition) is 4. The van der Waals surface area contributed by atoms with E-state index >= 15 is 0 Å². The Morgan fingerprint density at radius 2 is 1.88 bits per heavy atom. The zero-order chi connectivity index (χ0) is 22.9.